The van der Waals surface area contributed by atoms with Gasteiger partial charge in [-0.25, -0.2) is 0 Å². The average molecular weight is 493 g/mol. The van der Waals surface area contributed by atoms with Gasteiger partial charge in [-0.1, -0.05) is 24.3 Å². The summed E-state index contributed by atoms with van der Waals surface area (Å²) in [5.74, 6) is -2.20. The maximum atomic E-state index is 9.72. The molecule has 1 rings (SSSR count). The van der Waals surface area contributed by atoms with E-state index in [2.05, 4.69) is 19.7 Å². The van der Waals surface area contributed by atoms with Crippen LogP contribution in [0.4, 0.5) is 0 Å². The number of aromatic hydroxyl groups is 3. The molecule has 0 unspecified atom stereocenters. The molecule has 0 amide bonds. The van der Waals surface area contributed by atoms with E-state index in [1.165, 1.54) is 18.2 Å². The molecule has 0 aliphatic heterocycles. The number of rotatable bonds is 6. The van der Waals surface area contributed by atoms with Gasteiger partial charge in [0.15, 0.2) is 17.2 Å². The molecule has 0 aliphatic rings. The van der Waals surface area contributed by atoms with Gasteiger partial charge >= 0.3 is 0 Å². The lowest BCUT2D eigenvalue weighted by molar-refractivity contribution is 0.368. The number of phenolic OH excluding ortho intramolecular Hbond substituents is 3. The van der Waals surface area contributed by atoms with E-state index in [1.54, 1.807) is 0 Å². The lowest BCUT2D eigenvalue weighted by atomic mass is 10.3. The first-order chi connectivity index (χ1) is 13.4. The number of hydrogen-bond acceptors (Lipinski definition) is 9. The molecule has 174 valence electrons. The van der Waals surface area contributed by atoms with Crippen LogP contribution in [0.25, 0.3) is 0 Å². The van der Waals surface area contributed by atoms with Crippen molar-refractivity contribution in [2.24, 2.45) is 0 Å². The van der Waals surface area contributed by atoms with Crippen LogP contribution in [-0.2, 0) is 30.4 Å². The third-order valence-corrected chi connectivity index (χ3v) is 3.95. The summed E-state index contributed by atoms with van der Waals surface area (Å²) in [6.07, 6.45) is 3.36. The molecule has 30 heavy (non-hydrogen) atoms. The van der Waals surface area contributed by atoms with Gasteiger partial charge in [0.2, 0.25) is 0 Å². The Bertz CT molecular complexity index is 867. The summed E-state index contributed by atoms with van der Waals surface area (Å²) in [6.45, 7) is 9.32. The summed E-state index contributed by atoms with van der Waals surface area (Å²) in [6, 6.07) is 4.01. The minimum Gasteiger partial charge on any atom is -0.504 e. The maximum Gasteiger partial charge on any atom is 0.268 e. The second-order valence-electron chi connectivity index (χ2n) is 4.76. The summed E-state index contributed by atoms with van der Waals surface area (Å²) in [7, 11) is -11.4. The molecule has 12 nitrogen and oxygen atoms in total. The maximum absolute atomic E-state index is 9.72. The van der Waals surface area contributed by atoms with Crippen molar-refractivity contribution in [2.75, 3.05) is 17.3 Å². The molecule has 0 radical (unpaired) electrons. The van der Waals surface area contributed by atoms with Gasteiger partial charge in [-0.15, -0.1) is 19.7 Å². The van der Waals surface area contributed by atoms with Crippen LogP contribution in [0.5, 0.6) is 17.2 Å². The van der Waals surface area contributed by atoms with Crippen molar-refractivity contribution in [1.29, 1.82) is 0 Å². The quantitative estimate of drug-likeness (QED) is 0.186. The molecule has 1 aromatic carbocycles. The Morgan fingerprint density at radius 3 is 0.967 bits per heavy atom. The Morgan fingerprint density at radius 1 is 0.633 bits per heavy atom. The average Bonchev–Trinajstić information content (AvgIpc) is 2.51. The highest BCUT2D eigenvalue weighted by Crippen LogP contribution is 2.32. The highest BCUT2D eigenvalue weighted by molar-refractivity contribution is 7.86. The van der Waals surface area contributed by atoms with Crippen LogP contribution in [0.1, 0.15) is 0 Å². The van der Waals surface area contributed by atoms with Crippen molar-refractivity contribution < 1.29 is 54.2 Å². The largest absolute Gasteiger partial charge is 0.504 e. The zero-order chi connectivity index (χ0) is 24.6. The van der Waals surface area contributed by atoms with Gasteiger partial charge in [-0.05, 0) is 12.1 Å². The Kier molecular flexibility index (Phi) is 16.6. The van der Waals surface area contributed by atoms with Crippen molar-refractivity contribution in [3.05, 3.63) is 56.2 Å². The van der Waals surface area contributed by atoms with E-state index in [4.69, 9.17) is 29.0 Å². The fourth-order valence-corrected chi connectivity index (χ4v) is 1.86. The first-order valence-electron chi connectivity index (χ1n) is 7.28. The van der Waals surface area contributed by atoms with Crippen LogP contribution in [0.2, 0.25) is 0 Å². The van der Waals surface area contributed by atoms with E-state index < -0.39 is 36.1 Å². The van der Waals surface area contributed by atoms with Crippen molar-refractivity contribution in [3.8, 4) is 17.2 Å². The molecule has 0 aromatic heterocycles. The third-order valence-electron chi connectivity index (χ3n) is 1.98. The molecule has 6 N–H and O–H groups in total. The minimum absolute atomic E-state index is 0.310. The summed E-state index contributed by atoms with van der Waals surface area (Å²) < 4.78 is 82.0. The van der Waals surface area contributed by atoms with Crippen LogP contribution < -0.4 is 0 Å². The fourth-order valence-electron chi connectivity index (χ4n) is 0.966. The van der Waals surface area contributed by atoms with Crippen molar-refractivity contribution in [1.82, 2.24) is 0 Å². The molecule has 0 saturated heterocycles. The number of hydrogen-bond donors (Lipinski definition) is 6. The third kappa shape index (κ3) is 27.8. The second kappa shape index (κ2) is 15.4. The lowest BCUT2D eigenvalue weighted by Gasteiger charge is -1.96. The summed E-state index contributed by atoms with van der Waals surface area (Å²) in [5, 5.41) is 26.1. The first kappa shape index (κ1) is 32.2. The fraction of sp³-hybridized carbons (Fsp3) is 0.200. The molecule has 0 saturated carbocycles. The van der Waals surface area contributed by atoms with Crippen LogP contribution in [0.3, 0.4) is 0 Å². The highest BCUT2D eigenvalue weighted by atomic mass is 32.2. The van der Waals surface area contributed by atoms with Gasteiger partial charge in [0.1, 0.15) is 0 Å². The standard InChI is InChI=1S/C6H6O3.3C3H6O3S/c7-4-2-1-3-5(8)6(4)9;3*1-2-3-7(4,5)6/h1-3,7-9H;3*2H,1,3H2,(H,4,5,6). The Hall–Kier alpha value is -2.43. The van der Waals surface area contributed by atoms with Gasteiger partial charge in [-0.2, -0.15) is 25.3 Å². The van der Waals surface area contributed by atoms with Crippen molar-refractivity contribution in [2.45, 2.75) is 0 Å². The van der Waals surface area contributed by atoms with Gasteiger partial charge < -0.3 is 15.3 Å². The molecule has 0 spiro atoms. The van der Waals surface area contributed by atoms with Crippen LogP contribution in [-0.4, -0.2) is 71.5 Å². The van der Waals surface area contributed by atoms with E-state index in [0.717, 1.165) is 18.2 Å². The van der Waals surface area contributed by atoms with Gasteiger partial charge in [0, 0.05) is 0 Å². The second-order valence-corrected chi connectivity index (χ2v) is 9.25. The van der Waals surface area contributed by atoms with Crippen LogP contribution >= 0.6 is 0 Å². The van der Waals surface area contributed by atoms with E-state index in [9.17, 15) is 25.3 Å². The molecule has 0 bridgehead atoms. The zero-order valence-electron chi connectivity index (χ0n) is 15.6. The first-order valence-corrected chi connectivity index (χ1v) is 12.1. The van der Waals surface area contributed by atoms with E-state index >= 15 is 0 Å². The molecule has 0 fully saturated rings. The minimum atomic E-state index is -3.79. The molecular formula is C15H24O12S3. The molecule has 0 aliphatic carbocycles. The molecule has 15 heteroatoms. The topological polar surface area (TPSA) is 224 Å². The van der Waals surface area contributed by atoms with Crippen LogP contribution in [0.15, 0.2) is 56.2 Å². The van der Waals surface area contributed by atoms with E-state index in [-0.39, 0.29) is 28.8 Å². The summed E-state index contributed by atoms with van der Waals surface area (Å²) in [4.78, 5) is 0. The smallest absolute Gasteiger partial charge is 0.268 e. The Balaban J connectivity index is -0.000000327. The Labute approximate surface area is 175 Å². The number of phenols is 3. The molecule has 0 atom stereocenters. The lowest BCUT2D eigenvalue weighted by Crippen LogP contribution is -1.99. The number of para-hydroxylation sites is 1. The van der Waals surface area contributed by atoms with E-state index in [1.807, 2.05) is 0 Å². The van der Waals surface area contributed by atoms with E-state index in [0.29, 0.717) is 0 Å². The predicted molar refractivity (Wildman–Crippen MR) is 111 cm³/mol. The molecular weight excluding hydrogens is 468 g/mol. The van der Waals surface area contributed by atoms with Gasteiger partial charge in [-0.3, -0.25) is 13.7 Å². The van der Waals surface area contributed by atoms with Gasteiger partial charge in [0.25, 0.3) is 30.4 Å². The summed E-state index contributed by atoms with van der Waals surface area (Å²) in [5.41, 5.74) is 0. The van der Waals surface area contributed by atoms with Crippen LogP contribution in [0, 0.1) is 0 Å². The molecule has 1 aromatic rings. The predicted octanol–water partition coefficient (Wildman–Crippen LogP) is 0.984. The normalized spacial score (nSPS) is 10.5. The Morgan fingerprint density at radius 2 is 0.867 bits per heavy atom. The number of benzene rings is 1. The SMILES string of the molecule is C=CCS(=O)(=O)O.C=CCS(=O)(=O)O.C=CCS(=O)(=O)O.Oc1cccc(O)c1O. The monoisotopic (exact) mass is 492 g/mol. The van der Waals surface area contributed by atoms with Crippen molar-refractivity contribution in [3.63, 3.8) is 0 Å². The van der Waals surface area contributed by atoms with Crippen molar-refractivity contribution >= 4 is 30.4 Å². The highest BCUT2D eigenvalue weighted by Gasteiger charge is 2.01. The summed E-state index contributed by atoms with van der Waals surface area (Å²) >= 11 is 0. The van der Waals surface area contributed by atoms with Gasteiger partial charge in [0.05, 0.1) is 17.3 Å². The molecule has 0 heterocycles. The zero-order valence-corrected chi connectivity index (χ0v) is 18.0.